The number of allylic oxidation sites excluding steroid dienone is 1. The molecule has 4 fully saturated rings. The summed E-state index contributed by atoms with van der Waals surface area (Å²) in [5.74, 6) is 1.95. The molecular formula is C21H28O4. The van der Waals surface area contributed by atoms with E-state index in [-0.39, 0.29) is 41.0 Å². The van der Waals surface area contributed by atoms with Crippen LogP contribution in [0.5, 0.6) is 0 Å². The molecule has 5 aliphatic rings. The SMILES string of the molecule is CC12CCC(=O)C=C1CCC1C3CCC(C(=O)CO)C34COC(C4)[C@@H]12. The molecule has 1 saturated heterocycles. The van der Waals surface area contributed by atoms with Crippen molar-refractivity contribution in [2.24, 2.45) is 34.5 Å². The maximum atomic E-state index is 12.4. The Bertz CT molecular complexity index is 667. The van der Waals surface area contributed by atoms with Crippen LogP contribution in [0.2, 0.25) is 0 Å². The average Bonchev–Trinajstić information content (AvgIpc) is 3.17. The number of rotatable bonds is 2. The van der Waals surface area contributed by atoms with Crippen molar-refractivity contribution in [3.05, 3.63) is 11.6 Å². The Morgan fingerprint density at radius 3 is 2.96 bits per heavy atom. The van der Waals surface area contributed by atoms with Crippen molar-refractivity contribution in [2.45, 2.75) is 58.0 Å². The van der Waals surface area contributed by atoms with Crippen molar-refractivity contribution in [3.8, 4) is 0 Å². The van der Waals surface area contributed by atoms with Gasteiger partial charge in [0.05, 0.1) is 12.7 Å². The highest BCUT2D eigenvalue weighted by molar-refractivity contribution is 5.91. The van der Waals surface area contributed by atoms with Crippen molar-refractivity contribution in [1.29, 1.82) is 0 Å². The van der Waals surface area contributed by atoms with Crippen LogP contribution < -0.4 is 0 Å². The molecule has 6 unspecified atom stereocenters. The van der Waals surface area contributed by atoms with Gasteiger partial charge in [0.15, 0.2) is 11.6 Å². The largest absolute Gasteiger partial charge is 0.389 e. The lowest BCUT2D eigenvalue weighted by atomic mass is 9.46. The second-order valence-electron chi connectivity index (χ2n) is 9.43. The number of hydrogen-bond donors (Lipinski definition) is 1. The Balaban J connectivity index is 1.54. The van der Waals surface area contributed by atoms with Gasteiger partial charge >= 0.3 is 0 Å². The highest BCUT2D eigenvalue weighted by atomic mass is 16.5. The molecule has 0 aromatic heterocycles. The van der Waals surface area contributed by atoms with Gasteiger partial charge in [0.25, 0.3) is 0 Å². The molecule has 4 nitrogen and oxygen atoms in total. The molecule has 1 heterocycles. The predicted molar refractivity (Wildman–Crippen MR) is 91.7 cm³/mol. The van der Waals surface area contributed by atoms with Gasteiger partial charge in [-0.25, -0.2) is 0 Å². The second-order valence-corrected chi connectivity index (χ2v) is 9.43. The summed E-state index contributed by atoms with van der Waals surface area (Å²) in [6.45, 7) is 2.73. The zero-order chi connectivity index (χ0) is 17.4. The molecule has 0 radical (unpaired) electrons. The number of hydrogen-bond acceptors (Lipinski definition) is 4. The molecule has 136 valence electrons. The Morgan fingerprint density at radius 2 is 2.16 bits per heavy atom. The predicted octanol–water partition coefficient (Wildman–Crippen LogP) is 2.68. The molecule has 4 heteroatoms. The van der Waals surface area contributed by atoms with E-state index >= 15 is 0 Å². The van der Waals surface area contributed by atoms with Gasteiger partial charge in [0.2, 0.25) is 0 Å². The molecule has 0 aromatic rings. The third kappa shape index (κ3) is 1.96. The van der Waals surface area contributed by atoms with Crippen LogP contribution in [0.1, 0.15) is 51.9 Å². The first-order chi connectivity index (χ1) is 12.0. The highest BCUT2D eigenvalue weighted by Crippen LogP contribution is 2.69. The number of carbonyl (C=O) groups is 2. The molecule has 4 aliphatic carbocycles. The first-order valence-corrected chi connectivity index (χ1v) is 9.99. The zero-order valence-electron chi connectivity index (χ0n) is 15.0. The maximum Gasteiger partial charge on any atom is 0.161 e. The van der Waals surface area contributed by atoms with Gasteiger partial charge in [-0.15, -0.1) is 0 Å². The standard InChI is InChI=1S/C21H28O4/c1-20-7-6-13(23)8-12(20)2-3-14-15-4-5-16(17(24)10-22)21(15)9-18(19(14)20)25-11-21/h8,14-16,18-19,22H,2-7,9-11H2,1H3/t14?,15?,16?,18?,19-,20?,21?/m1/s1. The summed E-state index contributed by atoms with van der Waals surface area (Å²) in [6.07, 6.45) is 8.93. The van der Waals surface area contributed by atoms with Crippen LogP contribution in [-0.4, -0.2) is 36.0 Å². The summed E-state index contributed by atoms with van der Waals surface area (Å²) in [7, 11) is 0. The fourth-order valence-corrected chi connectivity index (χ4v) is 7.72. The minimum Gasteiger partial charge on any atom is -0.389 e. The molecule has 3 saturated carbocycles. The number of ether oxygens (including phenoxy) is 1. The molecule has 1 spiro atoms. The van der Waals surface area contributed by atoms with Crippen molar-refractivity contribution in [1.82, 2.24) is 0 Å². The van der Waals surface area contributed by atoms with E-state index in [1.54, 1.807) is 0 Å². The van der Waals surface area contributed by atoms with Gasteiger partial charge in [-0.05, 0) is 67.8 Å². The summed E-state index contributed by atoms with van der Waals surface area (Å²) in [5, 5.41) is 9.43. The van der Waals surface area contributed by atoms with Crippen LogP contribution >= 0.6 is 0 Å². The summed E-state index contributed by atoms with van der Waals surface area (Å²) in [4.78, 5) is 24.3. The maximum absolute atomic E-state index is 12.4. The van der Waals surface area contributed by atoms with Crippen molar-refractivity contribution < 1.29 is 19.4 Å². The van der Waals surface area contributed by atoms with Crippen molar-refractivity contribution >= 4 is 11.6 Å². The lowest BCUT2D eigenvalue weighted by Crippen LogP contribution is -2.54. The molecule has 5 rings (SSSR count). The van der Waals surface area contributed by atoms with E-state index in [0.717, 1.165) is 38.5 Å². The number of carbonyl (C=O) groups excluding carboxylic acids is 2. The first kappa shape index (κ1) is 16.2. The minimum atomic E-state index is -0.329. The molecule has 0 amide bonds. The van der Waals surface area contributed by atoms with Gasteiger partial charge < -0.3 is 9.84 Å². The van der Waals surface area contributed by atoms with Gasteiger partial charge in [-0.2, -0.15) is 0 Å². The summed E-state index contributed by atoms with van der Waals surface area (Å²) in [6, 6.07) is 0. The van der Waals surface area contributed by atoms with E-state index in [1.807, 2.05) is 6.08 Å². The number of Topliss-reactive ketones (excluding diaryl/α,β-unsaturated/α-hetero) is 1. The molecular weight excluding hydrogens is 316 g/mol. The Morgan fingerprint density at radius 1 is 1.32 bits per heavy atom. The fraction of sp³-hybridized carbons (Fsp3) is 0.810. The average molecular weight is 344 g/mol. The summed E-state index contributed by atoms with van der Waals surface area (Å²) >= 11 is 0. The van der Waals surface area contributed by atoms with E-state index in [4.69, 9.17) is 4.74 Å². The molecule has 0 aromatic carbocycles. The second kappa shape index (κ2) is 5.26. The highest BCUT2D eigenvalue weighted by Gasteiger charge is 2.67. The topological polar surface area (TPSA) is 63.6 Å². The smallest absolute Gasteiger partial charge is 0.161 e. The zero-order valence-corrected chi connectivity index (χ0v) is 15.0. The van der Waals surface area contributed by atoms with Crippen molar-refractivity contribution in [2.75, 3.05) is 13.2 Å². The van der Waals surface area contributed by atoms with Gasteiger partial charge in [0, 0.05) is 17.8 Å². The van der Waals surface area contributed by atoms with Crippen molar-refractivity contribution in [3.63, 3.8) is 0 Å². The number of fused-ring (bicyclic) bond motifs is 6. The fourth-order valence-electron chi connectivity index (χ4n) is 7.72. The third-order valence-corrected chi connectivity index (χ3v) is 8.71. The van der Waals surface area contributed by atoms with Gasteiger partial charge in [-0.3, -0.25) is 9.59 Å². The Hall–Kier alpha value is -1.00. The van der Waals surface area contributed by atoms with E-state index in [9.17, 15) is 14.7 Å². The Labute approximate surface area is 149 Å². The summed E-state index contributed by atoms with van der Waals surface area (Å²) < 4.78 is 6.37. The lowest BCUT2D eigenvalue weighted by molar-refractivity contribution is -0.131. The minimum absolute atomic E-state index is 0.00821. The lowest BCUT2D eigenvalue weighted by Gasteiger charge is -2.57. The molecule has 1 N–H and O–H groups in total. The van der Waals surface area contributed by atoms with Crippen LogP contribution in [0, 0.1) is 34.5 Å². The number of ketones is 2. The van der Waals surface area contributed by atoms with Gasteiger partial charge in [0.1, 0.15) is 6.61 Å². The molecule has 1 aliphatic heterocycles. The number of aliphatic hydroxyl groups excluding tert-OH is 1. The quantitative estimate of drug-likeness (QED) is 0.836. The van der Waals surface area contributed by atoms with E-state index in [0.29, 0.717) is 30.8 Å². The third-order valence-electron chi connectivity index (χ3n) is 8.71. The van der Waals surface area contributed by atoms with Crippen LogP contribution in [0.25, 0.3) is 0 Å². The van der Waals surface area contributed by atoms with Crippen LogP contribution in [0.4, 0.5) is 0 Å². The van der Waals surface area contributed by atoms with Crippen LogP contribution in [0.15, 0.2) is 11.6 Å². The molecule has 7 atom stereocenters. The molecule has 25 heavy (non-hydrogen) atoms. The molecule has 2 bridgehead atoms. The van der Waals surface area contributed by atoms with Gasteiger partial charge in [-0.1, -0.05) is 12.5 Å². The van der Waals surface area contributed by atoms with E-state index in [1.165, 1.54) is 5.57 Å². The first-order valence-electron chi connectivity index (χ1n) is 9.99. The number of aliphatic hydroxyl groups is 1. The van der Waals surface area contributed by atoms with E-state index < -0.39 is 0 Å². The monoisotopic (exact) mass is 344 g/mol. The van der Waals surface area contributed by atoms with Crippen LogP contribution in [0.3, 0.4) is 0 Å². The van der Waals surface area contributed by atoms with E-state index in [2.05, 4.69) is 6.92 Å². The van der Waals surface area contributed by atoms with Crippen LogP contribution in [-0.2, 0) is 14.3 Å². The Kier molecular flexibility index (Phi) is 3.41. The summed E-state index contributed by atoms with van der Waals surface area (Å²) in [5.41, 5.74) is 1.43. The normalized spacial score (nSPS) is 50.7.